The van der Waals surface area contributed by atoms with Crippen molar-refractivity contribution in [2.24, 2.45) is 0 Å². The summed E-state index contributed by atoms with van der Waals surface area (Å²) in [4.78, 5) is 18.2. The lowest BCUT2D eigenvalue weighted by Gasteiger charge is -2.27. The van der Waals surface area contributed by atoms with Crippen LogP contribution in [0.25, 0.3) is 0 Å². The summed E-state index contributed by atoms with van der Waals surface area (Å²) in [5.74, 6) is 0.206. The first kappa shape index (κ1) is 13.0. The number of piperidine rings is 1. The van der Waals surface area contributed by atoms with Crippen molar-refractivity contribution in [3.05, 3.63) is 30.1 Å². The molecule has 1 amide bonds. The van der Waals surface area contributed by atoms with Crippen molar-refractivity contribution >= 4 is 5.91 Å². The molecule has 1 aromatic heterocycles. The molecule has 2 heterocycles. The van der Waals surface area contributed by atoms with E-state index < -0.39 is 0 Å². The maximum Gasteiger partial charge on any atom is 0.236 e. The molecular formula is C14H21N3O. The molecule has 0 saturated carbocycles. The van der Waals surface area contributed by atoms with E-state index in [0.717, 1.165) is 31.6 Å². The zero-order valence-electron chi connectivity index (χ0n) is 10.9. The van der Waals surface area contributed by atoms with Crippen molar-refractivity contribution in [1.82, 2.24) is 15.2 Å². The molecule has 0 bridgehead atoms. The van der Waals surface area contributed by atoms with Gasteiger partial charge < -0.3 is 10.2 Å². The molecule has 1 fully saturated rings. The molecular weight excluding hydrogens is 226 g/mol. The second-order valence-electron chi connectivity index (χ2n) is 4.80. The highest BCUT2D eigenvalue weighted by atomic mass is 16.2. The average Bonchev–Trinajstić information content (AvgIpc) is 2.46. The molecule has 1 aliphatic rings. The van der Waals surface area contributed by atoms with E-state index in [9.17, 15) is 4.79 Å². The number of aromatic nitrogens is 1. The van der Waals surface area contributed by atoms with Gasteiger partial charge in [-0.15, -0.1) is 0 Å². The van der Waals surface area contributed by atoms with Crippen molar-refractivity contribution in [1.29, 1.82) is 0 Å². The minimum Gasteiger partial charge on any atom is -0.342 e. The van der Waals surface area contributed by atoms with Gasteiger partial charge in [0.2, 0.25) is 5.91 Å². The minimum atomic E-state index is 0.111. The molecule has 4 heteroatoms. The summed E-state index contributed by atoms with van der Waals surface area (Å²) in [5.41, 5.74) is 0.976. The molecule has 0 spiro atoms. The number of carbonyl (C=O) groups excluding carboxylic acids is 1. The van der Waals surface area contributed by atoms with E-state index in [4.69, 9.17) is 0 Å². The zero-order valence-corrected chi connectivity index (χ0v) is 10.9. The van der Waals surface area contributed by atoms with Crippen LogP contribution in [0.1, 0.15) is 37.9 Å². The molecule has 0 aromatic carbocycles. The van der Waals surface area contributed by atoms with Gasteiger partial charge in [-0.1, -0.05) is 6.07 Å². The fourth-order valence-electron chi connectivity index (χ4n) is 2.23. The predicted octanol–water partition coefficient (Wildman–Crippen LogP) is 1.74. The van der Waals surface area contributed by atoms with E-state index in [-0.39, 0.29) is 11.9 Å². The van der Waals surface area contributed by atoms with Gasteiger partial charge in [0.1, 0.15) is 0 Å². The number of hydrogen-bond donors (Lipinski definition) is 1. The number of nitrogens with one attached hydrogen (secondary N) is 1. The predicted molar refractivity (Wildman–Crippen MR) is 71.1 cm³/mol. The van der Waals surface area contributed by atoms with Gasteiger partial charge >= 0.3 is 0 Å². The molecule has 1 saturated heterocycles. The Bertz CT molecular complexity index is 374. The first-order valence-electron chi connectivity index (χ1n) is 6.69. The maximum atomic E-state index is 12.0. The van der Waals surface area contributed by atoms with Crippen LogP contribution < -0.4 is 5.32 Å². The molecule has 0 radical (unpaired) electrons. The lowest BCUT2D eigenvalue weighted by Crippen LogP contribution is -2.41. The van der Waals surface area contributed by atoms with E-state index in [0.29, 0.717) is 6.54 Å². The second kappa shape index (κ2) is 6.50. The smallest absolute Gasteiger partial charge is 0.236 e. The summed E-state index contributed by atoms with van der Waals surface area (Å²) in [5, 5.41) is 3.24. The van der Waals surface area contributed by atoms with Crippen LogP contribution in [0.4, 0.5) is 0 Å². The van der Waals surface area contributed by atoms with Crippen LogP contribution in [-0.4, -0.2) is 35.4 Å². The topological polar surface area (TPSA) is 45.2 Å². The van der Waals surface area contributed by atoms with E-state index >= 15 is 0 Å². The molecule has 1 N–H and O–H groups in total. The Labute approximate surface area is 108 Å². The second-order valence-corrected chi connectivity index (χ2v) is 4.80. The Morgan fingerprint density at radius 2 is 2.17 bits per heavy atom. The average molecular weight is 247 g/mol. The Morgan fingerprint density at radius 3 is 2.83 bits per heavy atom. The van der Waals surface area contributed by atoms with Crippen LogP contribution in [0.2, 0.25) is 0 Å². The number of nitrogens with zero attached hydrogens (tertiary/aromatic N) is 2. The normalized spacial score (nSPS) is 17.5. The van der Waals surface area contributed by atoms with Gasteiger partial charge in [-0.05, 0) is 38.3 Å². The van der Waals surface area contributed by atoms with Crippen LogP contribution in [0.15, 0.2) is 24.4 Å². The fraction of sp³-hybridized carbons (Fsp3) is 0.571. The highest BCUT2D eigenvalue weighted by molar-refractivity contribution is 5.78. The third-order valence-corrected chi connectivity index (χ3v) is 3.40. The fourth-order valence-corrected chi connectivity index (χ4v) is 2.23. The Kier molecular flexibility index (Phi) is 4.70. The lowest BCUT2D eigenvalue weighted by molar-refractivity contribution is -0.131. The van der Waals surface area contributed by atoms with Gasteiger partial charge in [0.05, 0.1) is 12.2 Å². The third-order valence-electron chi connectivity index (χ3n) is 3.40. The molecule has 98 valence electrons. The molecule has 0 aliphatic carbocycles. The maximum absolute atomic E-state index is 12.0. The van der Waals surface area contributed by atoms with Gasteiger partial charge in [0.15, 0.2) is 0 Å². The SMILES string of the molecule is C[C@@H](NCC(=O)N1CCCCC1)c1ccccn1. The monoisotopic (exact) mass is 247 g/mol. The van der Waals surface area contributed by atoms with Crippen molar-refractivity contribution in [2.75, 3.05) is 19.6 Å². The van der Waals surface area contributed by atoms with E-state index in [1.807, 2.05) is 30.0 Å². The number of likely N-dealkylation sites (tertiary alicyclic amines) is 1. The van der Waals surface area contributed by atoms with Crippen LogP contribution in [-0.2, 0) is 4.79 Å². The van der Waals surface area contributed by atoms with E-state index in [2.05, 4.69) is 10.3 Å². The van der Waals surface area contributed by atoms with Gasteiger partial charge in [-0.25, -0.2) is 0 Å². The van der Waals surface area contributed by atoms with Crippen molar-refractivity contribution in [3.63, 3.8) is 0 Å². The summed E-state index contributed by atoms with van der Waals surface area (Å²) < 4.78 is 0. The van der Waals surface area contributed by atoms with Gasteiger partial charge in [-0.2, -0.15) is 0 Å². The van der Waals surface area contributed by atoms with E-state index in [1.54, 1.807) is 6.20 Å². The summed E-state index contributed by atoms with van der Waals surface area (Å²) in [6.45, 7) is 4.26. The number of carbonyl (C=O) groups is 1. The van der Waals surface area contributed by atoms with Crippen LogP contribution in [0, 0.1) is 0 Å². The number of hydrogen-bond acceptors (Lipinski definition) is 3. The van der Waals surface area contributed by atoms with Crippen LogP contribution in [0.3, 0.4) is 0 Å². The van der Waals surface area contributed by atoms with Crippen molar-refractivity contribution in [3.8, 4) is 0 Å². The highest BCUT2D eigenvalue weighted by Gasteiger charge is 2.17. The van der Waals surface area contributed by atoms with E-state index in [1.165, 1.54) is 6.42 Å². The molecule has 0 unspecified atom stereocenters. The van der Waals surface area contributed by atoms with Crippen molar-refractivity contribution in [2.45, 2.75) is 32.2 Å². The molecule has 2 rings (SSSR count). The number of amides is 1. The number of pyridine rings is 1. The Morgan fingerprint density at radius 1 is 1.39 bits per heavy atom. The Hall–Kier alpha value is -1.42. The van der Waals surface area contributed by atoms with Crippen LogP contribution >= 0.6 is 0 Å². The summed E-state index contributed by atoms with van der Waals surface area (Å²) >= 11 is 0. The molecule has 1 aromatic rings. The third kappa shape index (κ3) is 3.53. The zero-order chi connectivity index (χ0) is 12.8. The standard InChI is InChI=1S/C14H21N3O/c1-12(13-7-3-4-8-15-13)16-11-14(18)17-9-5-2-6-10-17/h3-4,7-8,12,16H,2,5-6,9-11H2,1H3/t12-/m1/s1. The molecule has 4 nitrogen and oxygen atoms in total. The summed E-state index contributed by atoms with van der Waals surface area (Å²) in [7, 11) is 0. The number of rotatable bonds is 4. The quantitative estimate of drug-likeness (QED) is 0.881. The highest BCUT2D eigenvalue weighted by Crippen LogP contribution is 2.10. The largest absolute Gasteiger partial charge is 0.342 e. The van der Waals surface area contributed by atoms with Gasteiger partial charge in [-0.3, -0.25) is 9.78 Å². The molecule has 1 aliphatic heterocycles. The van der Waals surface area contributed by atoms with Gasteiger partial charge in [0, 0.05) is 25.3 Å². The Balaban J connectivity index is 1.78. The van der Waals surface area contributed by atoms with Gasteiger partial charge in [0.25, 0.3) is 0 Å². The molecule has 1 atom stereocenters. The summed E-state index contributed by atoms with van der Waals surface area (Å²) in [6.07, 6.45) is 5.31. The first-order valence-corrected chi connectivity index (χ1v) is 6.69. The summed E-state index contributed by atoms with van der Waals surface area (Å²) in [6, 6.07) is 5.95. The van der Waals surface area contributed by atoms with Crippen molar-refractivity contribution < 1.29 is 4.79 Å². The lowest BCUT2D eigenvalue weighted by atomic mass is 10.1. The molecule has 18 heavy (non-hydrogen) atoms. The van der Waals surface area contributed by atoms with Crippen LogP contribution in [0.5, 0.6) is 0 Å². The minimum absolute atomic E-state index is 0.111. The first-order chi connectivity index (χ1) is 8.77.